The van der Waals surface area contributed by atoms with E-state index in [0.29, 0.717) is 5.75 Å². The molecule has 14 heavy (non-hydrogen) atoms. The van der Waals surface area contributed by atoms with Gasteiger partial charge in [0.15, 0.2) is 11.1 Å². The van der Waals surface area contributed by atoms with Gasteiger partial charge in [-0.1, -0.05) is 6.42 Å². The van der Waals surface area contributed by atoms with Gasteiger partial charge in [-0.05, 0) is 32.4 Å². The maximum atomic E-state index is 10.4. The molecule has 1 saturated heterocycles. The first-order valence-corrected chi connectivity index (χ1v) is 6.51. The molecule has 1 fully saturated rings. The zero-order valence-corrected chi connectivity index (χ0v) is 9.34. The van der Waals surface area contributed by atoms with Gasteiger partial charge in [0.1, 0.15) is 0 Å². The Hall–Kier alpha value is 0.0300. The van der Waals surface area contributed by atoms with Crippen LogP contribution in [0.1, 0.15) is 25.7 Å². The molecule has 2 atom stereocenters. The van der Waals surface area contributed by atoms with Gasteiger partial charge in [0.2, 0.25) is 0 Å². The Bertz CT molecular complexity index is 190. The summed E-state index contributed by atoms with van der Waals surface area (Å²) in [7, 11) is 0. The molecule has 0 aliphatic carbocycles. The predicted molar refractivity (Wildman–Crippen MR) is 58.5 cm³/mol. The van der Waals surface area contributed by atoms with Crippen molar-refractivity contribution in [1.82, 2.24) is 4.90 Å². The van der Waals surface area contributed by atoms with Crippen LogP contribution in [-0.2, 0) is 11.1 Å². The van der Waals surface area contributed by atoms with Gasteiger partial charge in [-0.3, -0.25) is 0 Å². The van der Waals surface area contributed by atoms with E-state index in [1.165, 1.54) is 12.8 Å². The van der Waals surface area contributed by atoms with Crippen LogP contribution < -0.4 is 5.73 Å². The first-order valence-electron chi connectivity index (χ1n) is 5.24. The van der Waals surface area contributed by atoms with E-state index in [4.69, 9.17) is 10.3 Å². The monoisotopic (exact) mass is 220 g/mol. The van der Waals surface area contributed by atoms with E-state index in [9.17, 15) is 4.21 Å². The maximum Gasteiger partial charge on any atom is 0.152 e. The summed E-state index contributed by atoms with van der Waals surface area (Å²) in [5.41, 5.74) is 5.91. The van der Waals surface area contributed by atoms with Gasteiger partial charge < -0.3 is 15.2 Å². The highest BCUT2D eigenvalue weighted by Gasteiger charge is 2.14. The summed E-state index contributed by atoms with van der Waals surface area (Å²) < 4.78 is 19.1. The lowest BCUT2D eigenvalue weighted by molar-refractivity contribution is 0.274. The molecule has 1 rings (SSSR count). The molecule has 0 bridgehead atoms. The third-order valence-corrected chi connectivity index (χ3v) is 3.22. The molecule has 0 aromatic carbocycles. The summed E-state index contributed by atoms with van der Waals surface area (Å²) in [6, 6.07) is 0.289. The summed E-state index contributed by atoms with van der Waals surface area (Å²) in [6.45, 7) is 2.93. The SMILES string of the molecule is NC1CCCCN(CCCS(=O)O)C1. The van der Waals surface area contributed by atoms with Gasteiger partial charge in [-0.15, -0.1) is 0 Å². The molecule has 84 valence electrons. The second-order valence-electron chi connectivity index (χ2n) is 3.94. The Kier molecular flexibility index (Phi) is 5.62. The van der Waals surface area contributed by atoms with Crippen molar-refractivity contribution in [2.75, 3.05) is 25.4 Å². The van der Waals surface area contributed by atoms with E-state index in [0.717, 1.165) is 32.5 Å². The molecule has 4 nitrogen and oxygen atoms in total. The van der Waals surface area contributed by atoms with Gasteiger partial charge in [-0.2, -0.15) is 0 Å². The predicted octanol–water partition coefficient (Wildman–Crippen LogP) is 0.411. The van der Waals surface area contributed by atoms with Gasteiger partial charge in [-0.25, -0.2) is 4.21 Å². The van der Waals surface area contributed by atoms with Crippen molar-refractivity contribution < 1.29 is 8.76 Å². The number of likely N-dealkylation sites (tertiary alicyclic amines) is 1. The fourth-order valence-corrected chi connectivity index (χ4v) is 2.25. The third-order valence-electron chi connectivity index (χ3n) is 2.59. The summed E-state index contributed by atoms with van der Waals surface area (Å²) in [4.78, 5) is 2.31. The second kappa shape index (κ2) is 6.50. The average molecular weight is 220 g/mol. The molecule has 2 unspecified atom stereocenters. The van der Waals surface area contributed by atoms with E-state index in [1.54, 1.807) is 0 Å². The van der Waals surface area contributed by atoms with Crippen molar-refractivity contribution in [3.8, 4) is 0 Å². The van der Waals surface area contributed by atoms with Crippen LogP contribution in [0.3, 0.4) is 0 Å². The van der Waals surface area contributed by atoms with Crippen LogP contribution >= 0.6 is 0 Å². The quantitative estimate of drug-likeness (QED) is 0.674. The number of hydrogen-bond donors (Lipinski definition) is 2. The lowest BCUT2D eigenvalue weighted by Gasteiger charge is -2.21. The van der Waals surface area contributed by atoms with Crippen LogP contribution in [0, 0.1) is 0 Å². The van der Waals surface area contributed by atoms with Crippen molar-refractivity contribution in [2.24, 2.45) is 5.73 Å². The Balaban J connectivity index is 2.18. The summed E-state index contributed by atoms with van der Waals surface area (Å²) in [5.74, 6) is 0.381. The molecule has 0 aromatic heterocycles. The highest BCUT2D eigenvalue weighted by atomic mass is 32.2. The Morgan fingerprint density at radius 2 is 2.29 bits per heavy atom. The molecule has 0 amide bonds. The number of hydrogen-bond acceptors (Lipinski definition) is 3. The Morgan fingerprint density at radius 3 is 3.00 bits per heavy atom. The fraction of sp³-hybridized carbons (Fsp3) is 1.00. The maximum absolute atomic E-state index is 10.4. The molecular weight excluding hydrogens is 200 g/mol. The molecule has 0 radical (unpaired) electrons. The van der Waals surface area contributed by atoms with E-state index >= 15 is 0 Å². The zero-order chi connectivity index (χ0) is 10.4. The van der Waals surface area contributed by atoms with Crippen LogP contribution in [0.25, 0.3) is 0 Å². The molecule has 5 heteroatoms. The van der Waals surface area contributed by atoms with Crippen LogP contribution in [0.2, 0.25) is 0 Å². The normalized spacial score (nSPS) is 27.1. The van der Waals surface area contributed by atoms with E-state index < -0.39 is 11.1 Å². The van der Waals surface area contributed by atoms with Gasteiger partial charge in [0, 0.05) is 12.6 Å². The fourth-order valence-electron chi connectivity index (χ4n) is 1.87. The molecule has 0 spiro atoms. The highest BCUT2D eigenvalue weighted by Crippen LogP contribution is 2.09. The minimum absolute atomic E-state index is 0.289. The first kappa shape index (κ1) is 12.1. The standard InChI is InChI=1S/C9H20N2O2S/c10-9-4-1-2-5-11(8-9)6-3-7-14(12)13/h9H,1-8,10H2,(H,12,13). The third kappa shape index (κ3) is 5.05. The smallest absolute Gasteiger partial charge is 0.152 e. The summed E-state index contributed by atoms with van der Waals surface area (Å²) in [5, 5.41) is 0. The van der Waals surface area contributed by atoms with Crippen LogP contribution in [0.15, 0.2) is 0 Å². The Morgan fingerprint density at radius 1 is 1.50 bits per heavy atom. The zero-order valence-electron chi connectivity index (χ0n) is 8.52. The van der Waals surface area contributed by atoms with E-state index in [1.807, 2.05) is 0 Å². The van der Waals surface area contributed by atoms with Crippen molar-refractivity contribution >= 4 is 11.1 Å². The molecule has 1 aliphatic heterocycles. The Labute approximate surface area is 88.1 Å². The lowest BCUT2D eigenvalue weighted by atomic mass is 10.2. The summed E-state index contributed by atoms with van der Waals surface area (Å²) in [6.07, 6.45) is 4.32. The van der Waals surface area contributed by atoms with Crippen molar-refractivity contribution in [3.63, 3.8) is 0 Å². The van der Waals surface area contributed by atoms with E-state index in [2.05, 4.69) is 4.90 Å². The average Bonchev–Trinajstić information content (AvgIpc) is 2.29. The lowest BCUT2D eigenvalue weighted by Crippen LogP contribution is -2.36. The van der Waals surface area contributed by atoms with Gasteiger partial charge >= 0.3 is 0 Å². The van der Waals surface area contributed by atoms with E-state index in [-0.39, 0.29) is 6.04 Å². The molecule has 0 saturated carbocycles. The molecule has 3 N–H and O–H groups in total. The number of nitrogens with two attached hydrogens (primary N) is 1. The second-order valence-corrected chi connectivity index (χ2v) is 4.99. The minimum Gasteiger partial charge on any atom is -0.327 e. The van der Waals surface area contributed by atoms with Crippen LogP contribution in [-0.4, -0.2) is 45.1 Å². The minimum atomic E-state index is -1.64. The van der Waals surface area contributed by atoms with Crippen molar-refractivity contribution in [2.45, 2.75) is 31.7 Å². The van der Waals surface area contributed by atoms with Gasteiger partial charge in [0.25, 0.3) is 0 Å². The number of nitrogens with zero attached hydrogens (tertiary/aromatic N) is 1. The largest absolute Gasteiger partial charge is 0.327 e. The van der Waals surface area contributed by atoms with Crippen LogP contribution in [0.4, 0.5) is 0 Å². The van der Waals surface area contributed by atoms with Crippen LogP contribution in [0.5, 0.6) is 0 Å². The molecule has 1 aliphatic rings. The van der Waals surface area contributed by atoms with Crippen molar-refractivity contribution in [3.05, 3.63) is 0 Å². The summed E-state index contributed by atoms with van der Waals surface area (Å²) >= 11 is -1.64. The topological polar surface area (TPSA) is 66.6 Å². The van der Waals surface area contributed by atoms with Gasteiger partial charge in [0.05, 0.1) is 5.75 Å². The first-order chi connectivity index (χ1) is 6.68. The molecule has 1 heterocycles. The number of rotatable bonds is 4. The highest BCUT2D eigenvalue weighted by molar-refractivity contribution is 7.79. The molecular formula is C9H20N2O2S. The molecule has 0 aromatic rings. The van der Waals surface area contributed by atoms with Crippen molar-refractivity contribution in [1.29, 1.82) is 0 Å².